The van der Waals surface area contributed by atoms with E-state index in [9.17, 15) is 9.59 Å². The van der Waals surface area contributed by atoms with E-state index >= 15 is 0 Å². The summed E-state index contributed by atoms with van der Waals surface area (Å²) in [6.45, 7) is 17.0. The topological polar surface area (TPSA) is 45.6 Å². The van der Waals surface area contributed by atoms with Crippen LogP contribution in [-0.4, -0.2) is 52.4 Å². The van der Waals surface area contributed by atoms with E-state index in [2.05, 4.69) is 39.2 Å². The molecule has 140 valence electrons. The van der Waals surface area contributed by atoms with Crippen molar-refractivity contribution in [2.75, 3.05) is 26.2 Å². The molecule has 1 aliphatic heterocycles. The molecule has 2 rings (SSSR count). The molecule has 0 aliphatic carbocycles. The molecule has 0 N–H and O–H groups in total. The van der Waals surface area contributed by atoms with Crippen molar-refractivity contribution in [3.8, 4) is 0 Å². The average Bonchev–Trinajstić information content (AvgIpc) is 2.79. The second-order valence-electron chi connectivity index (χ2n) is 8.66. The van der Waals surface area contributed by atoms with Crippen LogP contribution in [0.3, 0.4) is 0 Å². The summed E-state index contributed by atoms with van der Waals surface area (Å²) in [6.07, 6.45) is 0.552. The summed E-state index contributed by atoms with van der Waals surface area (Å²) < 4.78 is 2.20. The van der Waals surface area contributed by atoms with E-state index in [4.69, 9.17) is 0 Å². The molecule has 5 nitrogen and oxygen atoms in total. The molecule has 0 spiro atoms. The number of aromatic nitrogens is 1. The van der Waals surface area contributed by atoms with E-state index in [0.717, 1.165) is 17.0 Å². The number of carbonyl (C=O) groups is 2. The zero-order chi connectivity index (χ0) is 18.9. The summed E-state index contributed by atoms with van der Waals surface area (Å²) >= 11 is 0. The standard InChI is InChI=1S/C20H33N3O2/c1-14(2)23-15(3)12-17(16(23)4)19(25)22-10-8-21(9-11-22)18(24)13-20(5,6)7/h12,14H,8-11,13H2,1-7H3. The fraction of sp³-hybridized carbons (Fsp3) is 0.700. The normalized spacial score (nSPS) is 15.8. The van der Waals surface area contributed by atoms with Crippen LogP contribution in [0.2, 0.25) is 0 Å². The van der Waals surface area contributed by atoms with Gasteiger partial charge in [-0.25, -0.2) is 0 Å². The van der Waals surface area contributed by atoms with E-state index in [1.165, 1.54) is 0 Å². The number of hydrogen-bond donors (Lipinski definition) is 0. The van der Waals surface area contributed by atoms with Gasteiger partial charge in [0.05, 0.1) is 5.56 Å². The number of piperazine rings is 1. The predicted molar refractivity (Wildman–Crippen MR) is 101 cm³/mol. The molecule has 2 amide bonds. The minimum atomic E-state index is -0.00155. The zero-order valence-electron chi connectivity index (χ0n) is 16.8. The van der Waals surface area contributed by atoms with Gasteiger partial charge >= 0.3 is 0 Å². The molecule has 0 unspecified atom stereocenters. The highest BCUT2D eigenvalue weighted by Crippen LogP contribution is 2.23. The highest BCUT2D eigenvalue weighted by molar-refractivity contribution is 5.96. The van der Waals surface area contributed by atoms with Gasteiger partial charge in [-0.3, -0.25) is 9.59 Å². The van der Waals surface area contributed by atoms with Crippen molar-refractivity contribution >= 4 is 11.8 Å². The minimum Gasteiger partial charge on any atom is -0.346 e. The molecule has 0 radical (unpaired) electrons. The monoisotopic (exact) mass is 347 g/mol. The molecule has 0 atom stereocenters. The van der Waals surface area contributed by atoms with Crippen molar-refractivity contribution in [3.05, 3.63) is 23.0 Å². The van der Waals surface area contributed by atoms with E-state index in [1.54, 1.807) is 0 Å². The first kappa shape index (κ1) is 19.5. The van der Waals surface area contributed by atoms with Gasteiger partial charge in [-0.2, -0.15) is 0 Å². The van der Waals surface area contributed by atoms with Crippen molar-refractivity contribution in [3.63, 3.8) is 0 Å². The largest absolute Gasteiger partial charge is 0.346 e. The van der Waals surface area contributed by atoms with Crippen LogP contribution in [0.1, 0.15) is 68.8 Å². The third kappa shape index (κ3) is 4.44. The SMILES string of the molecule is Cc1cc(C(=O)N2CCN(C(=O)CC(C)(C)C)CC2)c(C)n1C(C)C. The van der Waals surface area contributed by atoms with Gasteiger partial charge in [-0.05, 0) is 39.2 Å². The number of amides is 2. The molecule has 0 aromatic carbocycles. The molecule has 0 bridgehead atoms. The number of nitrogens with zero attached hydrogens (tertiary/aromatic N) is 3. The molecular weight excluding hydrogens is 314 g/mol. The smallest absolute Gasteiger partial charge is 0.255 e. The lowest BCUT2D eigenvalue weighted by Crippen LogP contribution is -2.51. The third-order valence-corrected chi connectivity index (χ3v) is 4.83. The van der Waals surface area contributed by atoms with Crippen LogP contribution >= 0.6 is 0 Å². The van der Waals surface area contributed by atoms with Crippen LogP contribution in [-0.2, 0) is 4.79 Å². The molecule has 0 saturated carbocycles. The number of rotatable bonds is 3. The van der Waals surface area contributed by atoms with Crippen molar-refractivity contribution in [2.24, 2.45) is 5.41 Å². The first-order valence-electron chi connectivity index (χ1n) is 9.26. The Balaban J connectivity index is 2.03. The fourth-order valence-corrected chi connectivity index (χ4v) is 3.68. The summed E-state index contributed by atoms with van der Waals surface area (Å²) in [5, 5.41) is 0. The highest BCUT2D eigenvalue weighted by atomic mass is 16.2. The second kappa shape index (κ2) is 7.22. The van der Waals surface area contributed by atoms with Crippen LogP contribution in [0.25, 0.3) is 0 Å². The van der Waals surface area contributed by atoms with Gasteiger partial charge < -0.3 is 14.4 Å². The predicted octanol–water partition coefficient (Wildman–Crippen LogP) is 3.41. The van der Waals surface area contributed by atoms with Gasteiger partial charge in [0, 0.05) is 50.0 Å². The number of carbonyl (C=O) groups excluding carboxylic acids is 2. The number of hydrogen-bond acceptors (Lipinski definition) is 2. The Hall–Kier alpha value is -1.78. The molecule has 5 heteroatoms. The van der Waals surface area contributed by atoms with Gasteiger partial charge in [0.15, 0.2) is 0 Å². The van der Waals surface area contributed by atoms with Crippen LogP contribution in [0, 0.1) is 19.3 Å². The lowest BCUT2D eigenvalue weighted by molar-refractivity contribution is -0.134. The molecule has 1 saturated heterocycles. The zero-order valence-corrected chi connectivity index (χ0v) is 16.8. The van der Waals surface area contributed by atoms with Crippen LogP contribution in [0.5, 0.6) is 0 Å². The van der Waals surface area contributed by atoms with Crippen molar-refractivity contribution in [1.82, 2.24) is 14.4 Å². The summed E-state index contributed by atoms with van der Waals surface area (Å²) in [7, 11) is 0. The Morgan fingerprint density at radius 1 is 1.04 bits per heavy atom. The Morgan fingerprint density at radius 3 is 2.00 bits per heavy atom. The highest BCUT2D eigenvalue weighted by Gasteiger charge is 2.28. The van der Waals surface area contributed by atoms with Crippen LogP contribution in [0.4, 0.5) is 0 Å². The molecular formula is C20H33N3O2. The molecule has 2 heterocycles. The Morgan fingerprint density at radius 2 is 1.56 bits per heavy atom. The Labute approximate surface area is 152 Å². The summed E-state index contributed by atoms with van der Waals surface area (Å²) in [5.41, 5.74) is 2.94. The quantitative estimate of drug-likeness (QED) is 0.841. The molecule has 1 aromatic rings. The molecule has 1 fully saturated rings. The third-order valence-electron chi connectivity index (χ3n) is 4.83. The maximum absolute atomic E-state index is 12.9. The maximum atomic E-state index is 12.9. The summed E-state index contributed by atoms with van der Waals surface area (Å²) in [4.78, 5) is 29.1. The summed E-state index contributed by atoms with van der Waals surface area (Å²) in [6, 6.07) is 2.34. The summed E-state index contributed by atoms with van der Waals surface area (Å²) in [5.74, 6) is 0.278. The molecule has 1 aromatic heterocycles. The fourth-order valence-electron chi connectivity index (χ4n) is 3.68. The van der Waals surface area contributed by atoms with E-state index in [-0.39, 0.29) is 17.2 Å². The van der Waals surface area contributed by atoms with Crippen molar-refractivity contribution in [2.45, 2.75) is 60.9 Å². The molecule has 25 heavy (non-hydrogen) atoms. The van der Waals surface area contributed by atoms with Gasteiger partial charge in [-0.1, -0.05) is 20.8 Å². The first-order chi connectivity index (χ1) is 11.5. The maximum Gasteiger partial charge on any atom is 0.255 e. The lowest BCUT2D eigenvalue weighted by atomic mass is 9.91. The Kier molecular flexibility index (Phi) is 5.65. The second-order valence-corrected chi connectivity index (χ2v) is 8.66. The minimum absolute atomic E-state index is 0.00155. The first-order valence-corrected chi connectivity index (χ1v) is 9.26. The number of aryl methyl sites for hydroxylation is 1. The van der Waals surface area contributed by atoms with Crippen LogP contribution in [0.15, 0.2) is 6.07 Å². The van der Waals surface area contributed by atoms with E-state index < -0.39 is 0 Å². The van der Waals surface area contributed by atoms with E-state index in [1.807, 2.05) is 29.7 Å². The van der Waals surface area contributed by atoms with Crippen molar-refractivity contribution in [1.29, 1.82) is 0 Å². The van der Waals surface area contributed by atoms with Gasteiger partial charge in [0.25, 0.3) is 5.91 Å². The Bertz CT molecular complexity index is 645. The molecule has 1 aliphatic rings. The van der Waals surface area contributed by atoms with Crippen molar-refractivity contribution < 1.29 is 9.59 Å². The van der Waals surface area contributed by atoms with Gasteiger partial charge in [-0.15, -0.1) is 0 Å². The van der Waals surface area contributed by atoms with Crippen LogP contribution < -0.4 is 0 Å². The van der Waals surface area contributed by atoms with Gasteiger partial charge in [0.1, 0.15) is 0 Å². The van der Waals surface area contributed by atoms with E-state index in [0.29, 0.717) is 38.6 Å². The lowest BCUT2D eigenvalue weighted by Gasteiger charge is -2.36. The van der Waals surface area contributed by atoms with Gasteiger partial charge in [0.2, 0.25) is 5.91 Å². The average molecular weight is 348 g/mol.